The molecule has 0 fully saturated rings. The van der Waals surface area contributed by atoms with Crippen LogP contribution in [0, 0.1) is 6.92 Å². The molecule has 0 aliphatic heterocycles. The van der Waals surface area contributed by atoms with Crippen LogP contribution in [-0.4, -0.2) is 6.29 Å². The van der Waals surface area contributed by atoms with Crippen molar-refractivity contribution in [2.24, 2.45) is 0 Å². The van der Waals surface area contributed by atoms with Gasteiger partial charge in [0.05, 0.1) is 0 Å². The van der Waals surface area contributed by atoms with Gasteiger partial charge in [-0.2, -0.15) is 0 Å². The Kier molecular flexibility index (Phi) is 3.59. The van der Waals surface area contributed by atoms with E-state index in [1.165, 1.54) is 0 Å². The molecule has 3 heteroatoms. The molecule has 0 spiro atoms. The Morgan fingerprint density at radius 3 is 2.47 bits per heavy atom. The minimum Gasteiger partial charge on any atom is -0.457 e. The molecule has 0 N–H and O–H groups in total. The summed E-state index contributed by atoms with van der Waals surface area (Å²) in [7, 11) is 0. The van der Waals surface area contributed by atoms with E-state index in [-0.39, 0.29) is 0 Å². The number of aryl methyl sites for hydroxylation is 1. The molecule has 0 saturated carbocycles. The van der Waals surface area contributed by atoms with Crippen molar-refractivity contribution in [3.8, 4) is 11.5 Å². The van der Waals surface area contributed by atoms with Gasteiger partial charge < -0.3 is 4.74 Å². The normalized spacial score (nSPS) is 10.0. The second-order valence-corrected chi connectivity index (χ2v) is 4.61. The molecule has 2 rings (SSSR count). The predicted molar refractivity (Wildman–Crippen MR) is 70.8 cm³/mol. The first-order chi connectivity index (χ1) is 8.19. The zero-order valence-electron chi connectivity index (χ0n) is 9.31. The maximum absolute atomic E-state index is 10.7. The molecule has 2 aromatic rings. The van der Waals surface area contributed by atoms with E-state index in [2.05, 4.69) is 15.9 Å². The fourth-order valence-electron chi connectivity index (χ4n) is 1.43. The van der Waals surface area contributed by atoms with Gasteiger partial charge in [-0.3, -0.25) is 4.79 Å². The van der Waals surface area contributed by atoms with Crippen LogP contribution in [0.4, 0.5) is 0 Å². The Morgan fingerprint density at radius 2 is 1.82 bits per heavy atom. The molecule has 0 aliphatic rings. The summed E-state index contributed by atoms with van der Waals surface area (Å²) in [4.78, 5) is 10.7. The molecule has 0 saturated heterocycles. The van der Waals surface area contributed by atoms with E-state index in [4.69, 9.17) is 4.74 Å². The molecule has 0 unspecified atom stereocenters. The fourth-order valence-corrected chi connectivity index (χ4v) is 1.69. The van der Waals surface area contributed by atoms with Crippen LogP contribution in [0.5, 0.6) is 11.5 Å². The third kappa shape index (κ3) is 2.94. The molecule has 0 aliphatic carbocycles. The Labute approximate surface area is 108 Å². The van der Waals surface area contributed by atoms with Crippen LogP contribution in [-0.2, 0) is 0 Å². The van der Waals surface area contributed by atoms with Crippen molar-refractivity contribution >= 4 is 22.2 Å². The first kappa shape index (κ1) is 11.9. The molecule has 86 valence electrons. The SMILES string of the molecule is Cc1ccc(C=O)cc1Oc1ccc(Br)cc1. The highest BCUT2D eigenvalue weighted by Crippen LogP contribution is 2.26. The molecule has 0 bridgehead atoms. The minimum absolute atomic E-state index is 0.614. The van der Waals surface area contributed by atoms with Gasteiger partial charge in [-0.15, -0.1) is 0 Å². The van der Waals surface area contributed by atoms with Crippen LogP contribution in [0.3, 0.4) is 0 Å². The van der Waals surface area contributed by atoms with Gasteiger partial charge in [0, 0.05) is 10.0 Å². The highest BCUT2D eigenvalue weighted by atomic mass is 79.9. The Hall–Kier alpha value is -1.61. The van der Waals surface area contributed by atoms with E-state index in [0.717, 1.165) is 22.1 Å². The number of rotatable bonds is 3. The van der Waals surface area contributed by atoms with Gasteiger partial charge in [0.25, 0.3) is 0 Å². The predicted octanol–water partition coefficient (Wildman–Crippen LogP) is 4.36. The largest absolute Gasteiger partial charge is 0.457 e. The van der Waals surface area contributed by atoms with Gasteiger partial charge in [0.15, 0.2) is 0 Å². The number of carbonyl (C=O) groups is 1. The summed E-state index contributed by atoms with van der Waals surface area (Å²) in [6.45, 7) is 1.95. The molecule has 17 heavy (non-hydrogen) atoms. The summed E-state index contributed by atoms with van der Waals surface area (Å²) in [5.41, 5.74) is 1.61. The number of hydrogen-bond acceptors (Lipinski definition) is 2. The lowest BCUT2D eigenvalue weighted by Crippen LogP contribution is -1.89. The average molecular weight is 291 g/mol. The van der Waals surface area contributed by atoms with Crippen LogP contribution >= 0.6 is 15.9 Å². The lowest BCUT2D eigenvalue weighted by Gasteiger charge is -2.09. The van der Waals surface area contributed by atoms with Crippen LogP contribution in [0.25, 0.3) is 0 Å². The van der Waals surface area contributed by atoms with Gasteiger partial charge in [-0.1, -0.05) is 28.1 Å². The van der Waals surface area contributed by atoms with Crippen molar-refractivity contribution in [1.82, 2.24) is 0 Å². The Morgan fingerprint density at radius 1 is 1.12 bits per heavy atom. The highest BCUT2D eigenvalue weighted by molar-refractivity contribution is 9.10. The third-order valence-corrected chi connectivity index (χ3v) is 2.92. The van der Waals surface area contributed by atoms with Crippen LogP contribution in [0.15, 0.2) is 46.9 Å². The fraction of sp³-hybridized carbons (Fsp3) is 0.0714. The summed E-state index contributed by atoms with van der Waals surface area (Å²) in [5.74, 6) is 1.45. The van der Waals surface area contributed by atoms with E-state index < -0.39 is 0 Å². The van der Waals surface area contributed by atoms with E-state index in [9.17, 15) is 4.79 Å². The molecule has 2 nitrogen and oxygen atoms in total. The molecule has 0 aromatic heterocycles. The quantitative estimate of drug-likeness (QED) is 0.785. The highest BCUT2D eigenvalue weighted by Gasteiger charge is 2.03. The van der Waals surface area contributed by atoms with Crippen molar-refractivity contribution in [3.63, 3.8) is 0 Å². The topological polar surface area (TPSA) is 26.3 Å². The van der Waals surface area contributed by atoms with Gasteiger partial charge in [0.1, 0.15) is 17.8 Å². The summed E-state index contributed by atoms with van der Waals surface area (Å²) >= 11 is 3.37. The number of ether oxygens (including phenoxy) is 1. The zero-order chi connectivity index (χ0) is 12.3. The molecule has 0 heterocycles. The smallest absolute Gasteiger partial charge is 0.150 e. The summed E-state index contributed by atoms with van der Waals surface area (Å²) in [6.07, 6.45) is 0.813. The molecule has 2 aromatic carbocycles. The molecular weight excluding hydrogens is 280 g/mol. The summed E-state index contributed by atoms with van der Waals surface area (Å²) in [5, 5.41) is 0. The lowest BCUT2D eigenvalue weighted by molar-refractivity contribution is 0.112. The number of halogens is 1. The molecule has 0 radical (unpaired) electrons. The standard InChI is InChI=1S/C14H11BrO2/c1-10-2-3-11(9-16)8-14(10)17-13-6-4-12(15)5-7-13/h2-9H,1H3. The van der Waals surface area contributed by atoms with Crippen LogP contribution in [0.2, 0.25) is 0 Å². The van der Waals surface area contributed by atoms with Gasteiger partial charge >= 0.3 is 0 Å². The van der Waals surface area contributed by atoms with Gasteiger partial charge in [-0.25, -0.2) is 0 Å². The lowest BCUT2D eigenvalue weighted by atomic mass is 10.1. The first-order valence-electron chi connectivity index (χ1n) is 5.18. The van der Waals surface area contributed by atoms with E-state index in [0.29, 0.717) is 11.3 Å². The second kappa shape index (κ2) is 5.15. The third-order valence-electron chi connectivity index (χ3n) is 2.39. The maximum atomic E-state index is 10.7. The van der Waals surface area contributed by atoms with Crippen LogP contribution in [0.1, 0.15) is 15.9 Å². The van der Waals surface area contributed by atoms with Crippen molar-refractivity contribution in [1.29, 1.82) is 0 Å². The number of aldehydes is 1. The zero-order valence-corrected chi connectivity index (χ0v) is 10.9. The summed E-state index contributed by atoms with van der Waals surface area (Å²) in [6, 6.07) is 13.0. The van der Waals surface area contributed by atoms with Crippen molar-refractivity contribution in [2.75, 3.05) is 0 Å². The average Bonchev–Trinajstić information content (AvgIpc) is 2.35. The monoisotopic (exact) mass is 290 g/mol. The molecular formula is C14H11BrO2. The minimum atomic E-state index is 0.614. The second-order valence-electron chi connectivity index (χ2n) is 3.70. The van der Waals surface area contributed by atoms with E-state index in [1.54, 1.807) is 12.1 Å². The van der Waals surface area contributed by atoms with Gasteiger partial charge in [-0.05, 0) is 42.8 Å². The van der Waals surface area contributed by atoms with Gasteiger partial charge in [0.2, 0.25) is 0 Å². The number of benzene rings is 2. The Balaban J connectivity index is 2.28. The first-order valence-corrected chi connectivity index (χ1v) is 5.97. The summed E-state index contributed by atoms with van der Waals surface area (Å²) < 4.78 is 6.73. The number of hydrogen-bond donors (Lipinski definition) is 0. The van der Waals surface area contributed by atoms with E-state index in [1.807, 2.05) is 37.3 Å². The maximum Gasteiger partial charge on any atom is 0.150 e. The van der Waals surface area contributed by atoms with E-state index >= 15 is 0 Å². The van der Waals surface area contributed by atoms with Crippen LogP contribution < -0.4 is 4.74 Å². The van der Waals surface area contributed by atoms with Crippen molar-refractivity contribution in [3.05, 3.63) is 58.1 Å². The Bertz CT molecular complexity index is 532. The van der Waals surface area contributed by atoms with Crippen molar-refractivity contribution in [2.45, 2.75) is 6.92 Å². The molecule has 0 atom stereocenters. The number of carbonyl (C=O) groups excluding carboxylic acids is 1. The molecule has 0 amide bonds. The van der Waals surface area contributed by atoms with Crippen molar-refractivity contribution < 1.29 is 9.53 Å².